The summed E-state index contributed by atoms with van der Waals surface area (Å²) in [5.74, 6) is -0.129. The maximum absolute atomic E-state index is 12.7. The lowest BCUT2D eigenvalue weighted by Crippen LogP contribution is -2.11. The van der Waals surface area contributed by atoms with Gasteiger partial charge in [-0.2, -0.15) is 13.2 Å². The fraction of sp³-hybridized carbons (Fsp3) is 0.250. The van der Waals surface area contributed by atoms with E-state index < -0.39 is 11.7 Å². The Morgan fingerprint density at radius 3 is 2.67 bits per heavy atom. The van der Waals surface area contributed by atoms with Gasteiger partial charge in [-0.25, -0.2) is 4.98 Å². The number of nitrogens with zero attached hydrogens (tertiary/aromatic N) is 1. The minimum atomic E-state index is -4.39. The van der Waals surface area contributed by atoms with Crippen molar-refractivity contribution in [1.29, 1.82) is 0 Å². The third-order valence-electron chi connectivity index (χ3n) is 2.34. The third kappa shape index (κ3) is 3.01. The van der Waals surface area contributed by atoms with E-state index in [2.05, 4.69) is 10.3 Å². The molecule has 0 aliphatic carbocycles. The molecule has 96 valence electrons. The van der Waals surface area contributed by atoms with Crippen LogP contribution in [-0.4, -0.2) is 4.98 Å². The van der Waals surface area contributed by atoms with Gasteiger partial charge in [-0.05, 0) is 31.2 Å². The Labute approximate surface area is 106 Å². The molecule has 0 aliphatic heterocycles. The second-order valence-corrected chi connectivity index (χ2v) is 5.14. The zero-order valence-corrected chi connectivity index (χ0v) is 10.4. The zero-order chi connectivity index (χ0) is 13.2. The van der Waals surface area contributed by atoms with Gasteiger partial charge < -0.3 is 5.32 Å². The number of alkyl halides is 3. The highest BCUT2D eigenvalue weighted by Crippen LogP contribution is 2.33. The molecule has 0 radical (unpaired) electrons. The van der Waals surface area contributed by atoms with Crippen molar-refractivity contribution >= 4 is 17.2 Å². The van der Waals surface area contributed by atoms with Crippen LogP contribution >= 0.6 is 11.3 Å². The van der Waals surface area contributed by atoms with E-state index in [9.17, 15) is 13.2 Å². The molecular weight excluding hydrogens is 261 g/mol. The van der Waals surface area contributed by atoms with Crippen molar-refractivity contribution in [2.75, 3.05) is 5.32 Å². The van der Waals surface area contributed by atoms with Crippen LogP contribution in [0.2, 0.25) is 0 Å². The second kappa shape index (κ2) is 4.97. The van der Waals surface area contributed by atoms with Gasteiger partial charge in [0, 0.05) is 16.0 Å². The zero-order valence-electron chi connectivity index (χ0n) is 9.58. The van der Waals surface area contributed by atoms with Gasteiger partial charge in [-0.1, -0.05) is 0 Å². The number of rotatable bonds is 3. The predicted octanol–water partition coefficient (Wildman–Crippen LogP) is 4.08. The van der Waals surface area contributed by atoms with Crippen LogP contribution in [0, 0.1) is 6.92 Å². The number of aryl methyl sites for hydroxylation is 1. The smallest absolute Gasteiger partial charge is 0.365 e. The number of hydrogen-bond donors (Lipinski definition) is 1. The molecule has 0 saturated heterocycles. The minimum Gasteiger partial charge on any atom is -0.365 e. The molecule has 0 bridgehead atoms. The molecule has 0 atom stereocenters. The summed E-state index contributed by atoms with van der Waals surface area (Å²) in [6.07, 6.45) is -3.04. The van der Waals surface area contributed by atoms with Gasteiger partial charge in [0.05, 0.1) is 12.1 Å². The summed E-state index contributed by atoms with van der Waals surface area (Å²) >= 11 is 1.55. The molecule has 0 spiro atoms. The molecule has 0 unspecified atom stereocenters. The average Bonchev–Trinajstić information content (AvgIpc) is 2.72. The average molecular weight is 272 g/mol. The number of halogens is 3. The van der Waals surface area contributed by atoms with E-state index in [0.29, 0.717) is 6.54 Å². The number of anilines is 1. The highest BCUT2D eigenvalue weighted by molar-refractivity contribution is 7.11. The molecule has 2 heterocycles. The largest absolute Gasteiger partial charge is 0.419 e. The van der Waals surface area contributed by atoms with Crippen molar-refractivity contribution < 1.29 is 13.2 Å². The highest BCUT2D eigenvalue weighted by atomic mass is 32.1. The molecule has 0 saturated carbocycles. The standard InChI is InChI=1S/C12H11F3N2S/c1-8-4-5-9(18-8)7-17-11-10(12(13,14)15)3-2-6-16-11/h2-6H,7H2,1H3,(H,16,17). The van der Waals surface area contributed by atoms with Crippen molar-refractivity contribution in [3.63, 3.8) is 0 Å². The molecule has 0 aromatic carbocycles. The van der Waals surface area contributed by atoms with Gasteiger partial charge in [0.25, 0.3) is 0 Å². The van der Waals surface area contributed by atoms with Crippen LogP contribution in [0.4, 0.5) is 19.0 Å². The topological polar surface area (TPSA) is 24.9 Å². The number of pyridine rings is 1. The van der Waals surface area contributed by atoms with Gasteiger partial charge in [-0.3, -0.25) is 0 Å². The first-order chi connectivity index (χ1) is 8.47. The SMILES string of the molecule is Cc1ccc(CNc2ncccc2C(F)(F)F)s1. The lowest BCUT2D eigenvalue weighted by molar-refractivity contribution is -0.137. The fourth-order valence-corrected chi connectivity index (χ4v) is 2.36. The summed E-state index contributed by atoms with van der Waals surface area (Å²) in [6, 6.07) is 6.13. The Hall–Kier alpha value is -1.56. The van der Waals surface area contributed by atoms with Gasteiger partial charge in [0.1, 0.15) is 5.82 Å². The first-order valence-electron chi connectivity index (χ1n) is 5.28. The summed E-state index contributed by atoms with van der Waals surface area (Å²) in [6.45, 7) is 2.30. The fourth-order valence-electron chi connectivity index (χ4n) is 1.53. The summed E-state index contributed by atoms with van der Waals surface area (Å²) in [7, 11) is 0. The number of nitrogens with one attached hydrogen (secondary N) is 1. The van der Waals surface area contributed by atoms with Crippen LogP contribution in [0.1, 0.15) is 15.3 Å². The summed E-state index contributed by atoms with van der Waals surface area (Å²) < 4.78 is 38.1. The maximum atomic E-state index is 12.7. The number of thiophene rings is 1. The van der Waals surface area contributed by atoms with E-state index in [-0.39, 0.29) is 5.82 Å². The van der Waals surface area contributed by atoms with Gasteiger partial charge >= 0.3 is 6.18 Å². The van der Waals surface area contributed by atoms with E-state index in [1.165, 1.54) is 12.3 Å². The van der Waals surface area contributed by atoms with E-state index in [0.717, 1.165) is 15.8 Å². The van der Waals surface area contributed by atoms with Crippen LogP contribution in [0.3, 0.4) is 0 Å². The molecule has 2 rings (SSSR count). The van der Waals surface area contributed by atoms with Crippen molar-refractivity contribution in [3.05, 3.63) is 45.8 Å². The third-order valence-corrected chi connectivity index (χ3v) is 3.34. The molecule has 0 fully saturated rings. The van der Waals surface area contributed by atoms with Crippen LogP contribution < -0.4 is 5.32 Å². The highest BCUT2D eigenvalue weighted by Gasteiger charge is 2.33. The molecule has 0 aliphatic rings. The Morgan fingerprint density at radius 1 is 1.28 bits per heavy atom. The molecular formula is C12H11F3N2S. The number of hydrogen-bond acceptors (Lipinski definition) is 3. The summed E-state index contributed by atoms with van der Waals surface area (Å²) in [5.41, 5.74) is -0.738. The molecule has 2 aromatic heterocycles. The Morgan fingerprint density at radius 2 is 2.06 bits per heavy atom. The van der Waals surface area contributed by atoms with E-state index in [1.54, 1.807) is 11.3 Å². The lowest BCUT2D eigenvalue weighted by atomic mass is 10.2. The van der Waals surface area contributed by atoms with Crippen molar-refractivity contribution in [2.24, 2.45) is 0 Å². The molecule has 2 aromatic rings. The van der Waals surface area contributed by atoms with Crippen LogP contribution in [-0.2, 0) is 12.7 Å². The van der Waals surface area contributed by atoms with Crippen LogP contribution in [0.5, 0.6) is 0 Å². The van der Waals surface area contributed by atoms with Gasteiger partial charge in [-0.15, -0.1) is 11.3 Å². The first-order valence-corrected chi connectivity index (χ1v) is 6.10. The first kappa shape index (κ1) is 12.9. The maximum Gasteiger partial charge on any atom is 0.419 e. The number of aromatic nitrogens is 1. The minimum absolute atomic E-state index is 0.129. The van der Waals surface area contributed by atoms with Crippen molar-refractivity contribution in [1.82, 2.24) is 4.98 Å². The van der Waals surface area contributed by atoms with E-state index in [1.807, 2.05) is 19.1 Å². The van der Waals surface area contributed by atoms with Gasteiger partial charge in [0.2, 0.25) is 0 Å². The van der Waals surface area contributed by atoms with Crippen molar-refractivity contribution in [2.45, 2.75) is 19.6 Å². The summed E-state index contributed by atoms with van der Waals surface area (Å²) in [4.78, 5) is 5.85. The van der Waals surface area contributed by atoms with Crippen LogP contribution in [0.25, 0.3) is 0 Å². The molecule has 18 heavy (non-hydrogen) atoms. The molecule has 6 heteroatoms. The predicted molar refractivity (Wildman–Crippen MR) is 65.6 cm³/mol. The van der Waals surface area contributed by atoms with Crippen LogP contribution in [0.15, 0.2) is 30.5 Å². The van der Waals surface area contributed by atoms with E-state index in [4.69, 9.17) is 0 Å². The summed E-state index contributed by atoms with van der Waals surface area (Å²) in [5, 5.41) is 2.73. The van der Waals surface area contributed by atoms with Crippen molar-refractivity contribution in [3.8, 4) is 0 Å². The Balaban J connectivity index is 2.14. The normalized spacial score (nSPS) is 11.6. The monoisotopic (exact) mass is 272 g/mol. The quantitative estimate of drug-likeness (QED) is 0.910. The molecule has 0 amide bonds. The Kier molecular flexibility index (Phi) is 3.56. The van der Waals surface area contributed by atoms with E-state index >= 15 is 0 Å². The molecule has 1 N–H and O–H groups in total. The second-order valence-electron chi connectivity index (χ2n) is 3.76. The molecule has 2 nitrogen and oxygen atoms in total. The lowest BCUT2D eigenvalue weighted by Gasteiger charge is -2.12. The van der Waals surface area contributed by atoms with Gasteiger partial charge in [0.15, 0.2) is 0 Å². The Bertz CT molecular complexity index is 534.